The molecule has 0 unspecified atom stereocenters. The van der Waals surface area contributed by atoms with Crippen LogP contribution in [0.2, 0.25) is 0 Å². The number of hydrogen-bond donors (Lipinski definition) is 1. The number of ether oxygens (including phenoxy) is 1. The SMILES string of the molecule is CNC(=O)COC(=O)/C=C/c1csc(C)n1. The molecule has 0 aliphatic heterocycles. The lowest BCUT2D eigenvalue weighted by atomic mass is 10.4. The van der Waals surface area contributed by atoms with E-state index in [0.717, 1.165) is 5.01 Å². The summed E-state index contributed by atoms with van der Waals surface area (Å²) in [7, 11) is 1.48. The van der Waals surface area contributed by atoms with Gasteiger partial charge in [-0.2, -0.15) is 0 Å². The first-order valence-electron chi connectivity index (χ1n) is 4.59. The normalized spacial score (nSPS) is 10.4. The Hall–Kier alpha value is -1.69. The van der Waals surface area contributed by atoms with Crippen molar-refractivity contribution in [2.75, 3.05) is 13.7 Å². The number of aromatic nitrogens is 1. The van der Waals surface area contributed by atoms with Crippen LogP contribution in [-0.2, 0) is 14.3 Å². The summed E-state index contributed by atoms with van der Waals surface area (Å²) in [4.78, 5) is 26.0. The summed E-state index contributed by atoms with van der Waals surface area (Å²) in [5.74, 6) is -0.902. The van der Waals surface area contributed by atoms with E-state index < -0.39 is 5.97 Å². The number of carbonyl (C=O) groups is 2. The summed E-state index contributed by atoms with van der Waals surface area (Å²) in [6.45, 7) is 1.61. The number of esters is 1. The van der Waals surface area contributed by atoms with Gasteiger partial charge in [-0.15, -0.1) is 11.3 Å². The van der Waals surface area contributed by atoms with Gasteiger partial charge in [-0.25, -0.2) is 9.78 Å². The topological polar surface area (TPSA) is 68.3 Å². The summed E-state index contributed by atoms with van der Waals surface area (Å²) < 4.78 is 4.66. The highest BCUT2D eigenvalue weighted by molar-refractivity contribution is 7.09. The average Bonchev–Trinajstić information content (AvgIpc) is 2.69. The van der Waals surface area contributed by atoms with Crippen LogP contribution in [0.1, 0.15) is 10.7 Å². The lowest BCUT2D eigenvalue weighted by Gasteiger charge is -1.99. The maximum Gasteiger partial charge on any atom is 0.331 e. The zero-order valence-corrected chi connectivity index (χ0v) is 9.84. The van der Waals surface area contributed by atoms with Gasteiger partial charge >= 0.3 is 5.97 Å². The zero-order valence-electron chi connectivity index (χ0n) is 9.02. The molecule has 0 bridgehead atoms. The lowest BCUT2D eigenvalue weighted by molar-refractivity contribution is -0.143. The first-order valence-corrected chi connectivity index (χ1v) is 5.47. The molecule has 0 radical (unpaired) electrons. The van der Waals surface area contributed by atoms with Crippen molar-refractivity contribution in [2.24, 2.45) is 0 Å². The standard InChI is InChI=1S/C10H12N2O3S/c1-7-12-8(6-16-7)3-4-10(14)15-5-9(13)11-2/h3-4,6H,5H2,1-2H3,(H,11,13)/b4-3+. The van der Waals surface area contributed by atoms with Crippen LogP contribution in [0.3, 0.4) is 0 Å². The Morgan fingerprint density at radius 1 is 1.62 bits per heavy atom. The van der Waals surface area contributed by atoms with Gasteiger partial charge in [0, 0.05) is 18.5 Å². The van der Waals surface area contributed by atoms with Gasteiger partial charge in [-0.05, 0) is 13.0 Å². The molecule has 1 rings (SSSR count). The van der Waals surface area contributed by atoms with Crippen LogP contribution in [0.25, 0.3) is 6.08 Å². The number of rotatable bonds is 4. The highest BCUT2D eigenvalue weighted by atomic mass is 32.1. The Morgan fingerprint density at radius 2 is 2.38 bits per heavy atom. The predicted molar refractivity (Wildman–Crippen MR) is 60.9 cm³/mol. The van der Waals surface area contributed by atoms with Crippen molar-refractivity contribution in [2.45, 2.75) is 6.92 Å². The summed E-state index contributed by atoms with van der Waals surface area (Å²) >= 11 is 1.50. The van der Waals surface area contributed by atoms with Crippen molar-refractivity contribution in [1.82, 2.24) is 10.3 Å². The van der Waals surface area contributed by atoms with Gasteiger partial charge in [-0.1, -0.05) is 0 Å². The molecule has 0 aliphatic carbocycles. The fraction of sp³-hybridized carbons (Fsp3) is 0.300. The van der Waals surface area contributed by atoms with Crippen molar-refractivity contribution in [3.05, 3.63) is 22.2 Å². The fourth-order valence-corrected chi connectivity index (χ4v) is 1.45. The number of nitrogens with zero attached hydrogens (tertiary/aromatic N) is 1. The Balaban J connectivity index is 2.39. The summed E-state index contributed by atoms with van der Waals surface area (Å²) in [6, 6.07) is 0. The van der Waals surface area contributed by atoms with Crippen molar-refractivity contribution < 1.29 is 14.3 Å². The number of thiazole rings is 1. The largest absolute Gasteiger partial charge is 0.452 e. The highest BCUT2D eigenvalue weighted by Crippen LogP contribution is 2.09. The second-order valence-corrected chi connectivity index (χ2v) is 3.97. The van der Waals surface area contributed by atoms with Crippen LogP contribution in [0.5, 0.6) is 0 Å². The van der Waals surface area contributed by atoms with Crippen molar-refractivity contribution in [3.63, 3.8) is 0 Å². The van der Waals surface area contributed by atoms with Crippen molar-refractivity contribution in [1.29, 1.82) is 0 Å². The van der Waals surface area contributed by atoms with Gasteiger partial charge in [-0.3, -0.25) is 4.79 Å². The molecule has 6 heteroatoms. The van der Waals surface area contributed by atoms with Crippen LogP contribution in [0, 0.1) is 6.92 Å². The number of amides is 1. The van der Waals surface area contributed by atoms with E-state index in [9.17, 15) is 9.59 Å². The van der Waals surface area contributed by atoms with E-state index in [1.807, 2.05) is 12.3 Å². The third kappa shape index (κ3) is 4.22. The fourth-order valence-electron chi connectivity index (χ4n) is 0.867. The zero-order chi connectivity index (χ0) is 12.0. The van der Waals surface area contributed by atoms with Gasteiger partial charge < -0.3 is 10.1 Å². The second-order valence-electron chi connectivity index (χ2n) is 2.91. The molecule has 16 heavy (non-hydrogen) atoms. The Labute approximate surface area is 97.1 Å². The molecule has 0 spiro atoms. The van der Waals surface area contributed by atoms with E-state index in [1.54, 1.807) is 6.08 Å². The third-order valence-corrected chi connectivity index (χ3v) is 2.44. The van der Waals surface area contributed by atoms with E-state index in [1.165, 1.54) is 24.5 Å². The maximum atomic E-state index is 11.1. The molecule has 1 amide bonds. The molecule has 1 aromatic rings. The molecular formula is C10H12N2O3S. The van der Waals surface area contributed by atoms with Gasteiger partial charge in [0.25, 0.3) is 5.91 Å². The van der Waals surface area contributed by atoms with Gasteiger partial charge in [0.1, 0.15) is 0 Å². The van der Waals surface area contributed by atoms with Crippen LogP contribution >= 0.6 is 11.3 Å². The number of carbonyl (C=O) groups excluding carboxylic acids is 2. The summed E-state index contributed by atoms with van der Waals surface area (Å²) in [5.41, 5.74) is 0.708. The molecule has 0 aliphatic rings. The molecule has 0 saturated heterocycles. The molecule has 0 saturated carbocycles. The minimum Gasteiger partial charge on any atom is -0.452 e. The molecule has 86 valence electrons. The van der Waals surface area contributed by atoms with Gasteiger partial charge in [0.05, 0.1) is 10.7 Å². The van der Waals surface area contributed by atoms with Gasteiger partial charge in [0.15, 0.2) is 6.61 Å². The smallest absolute Gasteiger partial charge is 0.331 e. The molecule has 0 fully saturated rings. The minimum atomic E-state index is -0.561. The Kier molecular flexibility index (Phi) is 4.65. The first-order chi connectivity index (χ1) is 7.61. The maximum absolute atomic E-state index is 11.1. The van der Waals surface area contributed by atoms with E-state index in [4.69, 9.17) is 0 Å². The number of aryl methyl sites for hydroxylation is 1. The van der Waals surface area contributed by atoms with Crippen molar-refractivity contribution >= 4 is 29.3 Å². The van der Waals surface area contributed by atoms with Crippen LogP contribution in [0.4, 0.5) is 0 Å². The monoisotopic (exact) mass is 240 g/mol. The molecule has 5 nitrogen and oxygen atoms in total. The summed E-state index contributed by atoms with van der Waals surface area (Å²) in [5, 5.41) is 5.11. The molecule has 0 atom stereocenters. The minimum absolute atomic E-state index is 0.268. The Morgan fingerprint density at radius 3 is 2.94 bits per heavy atom. The van der Waals surface area contributed by atoms with Crippen LogP contribution in [0.15, 0.2) is 11.5 Å². The molecule has 1 aromatic heterocycles. The van der Waals surface area contributed by atoms with Crippen LogP contribution in [-0.4, -0.2) is 30.5 Å². The van der Waals surface area contributed by atoms with E-state index >= 15 is 0 Å². The third-order valence-electron chi connectivity index (χ3n) is 1.65. The average molecular weight is 240 g/mol. The lowest BCUT2D eigenvalue weighted by Crippen LogP contribution is -2.24. The van der Waals surface area contributed by atoms with E-state index in [0.29, 0.717) is 5.69 Å². The second kappa shape index (κ2) is 6.02. The highest BCUT2D eigenvalue weighted by Gasteiger charge is 2.02. The van der Waals surface area contributed by atoms with Gasteiger partial charge in [0.2, 0.25) is 0 Å². The molecule has 1 heterocycles. The predicted octanol–water partition coefficient (Wildman–Crippen LogP) is 0.754. The van der Waals surface area contributed by atoms with Crippen molar-refractivity contribution in [3.8, 4) is 0 Å². The van der Waals surface area contributed by atoms with Crippen LogP contribution < -0.4 is 5.32 Å². The Bertz CT molecular complexity index is 412. The number of nitrogens with one attached hydrogen (secondary N) is 1. The molecule has 0 aromatic carbocycles. The van der Waals surface area contributed by atoms with E-state index in [-0.39, 0.29) is 12.5 Å². The number of hydrogen-bond acceptors (Lipinski definition) is 5. The first kappa shape index (κ1) is 12.4. The molecule has 1 N–H and O–H groups in total. The van der Waals surface area contributed by atoms with E-state index in [2.05, 4.69) is 15.0 Å². The quantitative estimate of drug-likeness (QED) is 0.623. The number of likely N-dealkylation sites (N-methyl/N-ethyl adjacent to an activating group) is 1. The summed E-state index contributed by atoms with van der Waals surface area (Å²) in [6.07, 6.45) is 2.80. The molecular weight excluding hydrogens is 228 g/mol.